The Morgan fingerprint density at radius 1 is 1.27 bits per heavy atom. The highest BCUT2D eigenvalue weighted by Crippen LogP contribution is 2.32. The lowest BCUT2D eigenvalue weighted by Gasteiger charge is -2.26. The summed E-state index contributed by atoms with van der Waals surface area (Å²) >= 11 is 0. The highest BCUT2D eigenvalue weighted by atomic mass is 19.1. The van der Waals surface area contributed by atoms with Crippen molar-refractivity contribution < 1.29 is 13.9 Å². The van der Waals surface area contributed by atoms with Crippen molar-refractivity contribution in [2.75, 3.05) is 6.61 Å². The molecule has 0 fully saturated rings. The fourth-order valence-electron chi connectivity index (χ4n) is 2.65. The summed E-state index contributed by atoms with van der Waals surface area (Å²) < 4.78 is 18.9. The number of carbonyl (C=O) groups is 1. The SMILES string of the molecule is Cc1ccc(CC(=O)NC2CCOc3ccc(F)cc32)cc1. The molecule has 3 nitrogen and oxygen atoms in total. The number of aryl methyl sites for hydroxylation is 1. The second-order valence-electron chi connectivity index (χ2n) is 5.60. The number of halogens is 1. The van der Waals surface area contributed by atoms with Gasteiger partial charge in [-0.1, -0.05) is 29.8 Å². The Hall–Kier alpha value is -2.36. The summed E-state index contributed by atoms with van der Waals surface area (Å²) in [5.74, 6) is 0.265. The van der Waals surface area contributed by atoms with Crippen LogP contribution in [0.25, 0.3) is 0 Å². The average Bonchev–Trinajstić information content (AvgIpc) is 2.50. The van der Waals surface area contributed by atoms with Gasteiger partial charge in [0, 0.05) is 12.0 Å². The predicted octanol–water partition coefficient (Wildman–Crippen LogP) is 3.32. The summed E-state index contributed by atoms with van der Waals surface area (Å²) in [5.41, 5.74) is 2.84. The lowest BCUT2D eigenvalue weighted by Crippen LogP contribution is -2.33. The first-order valence-electron chi connectivity index (χ1n) is 7.39. The molecule has 4 heteroatoms. The number of nitrogens with one attached hydrogen (secondary N) is 1. The Kier molecular flexibility index (Phi) is 4.09. The Morgan fingerprint density at radius 3 is 2.82 bits per heavy atom. The number of hydrogen-bond donors (Lipinski definition) is 1. The Labute approximate surface area is 129 Å². The molecule has 22 heavy (non-hydrogen) atoms. The van der Waals surface area contributed by atoms with Crippen molar-refractivity contribution in [1.82, 2.24) is 5.32 Å². The van der Waals surface area contributed by atoms with Gasteiger partial charge in [0.05, 0.1) is 19.1 Å². The zero-order chi connectivity index (χ0) is 15.5. The normalized spacial score (nSPS) is 16.5. The topological polar surface area (TPSA) is 38.3 Å². The van der Waals surface area contributed by atoms with E-state index in [0.29, 0.717) is 30.8 Å². The average molecular weight is 299 g/mol. The van der Waals surface area contributed by atoms with Crippen molar-refractivity contribution in [2.24, 2.45) is 0 Å². The lowest BCUT2D eigenvalue weighted by atomic mass is 10.00. The number of amides is 1. The van der Waals surface area contributed by atoms with Crippen LogP contribution in [0.15, 0.2) is 42.5 Å². The minimum absolute atomic E-state index is 0.0639. The Morgan fingerprint density at radius 2 is 2.05 bits per heavy atom. The molecular formula is C18H18FNO2. The highest BCUT2D eigenvalue weighted by Gasteiger charge is 2.23. The Balaban J connectivity index is 1.70. The van der Waals surface area contributed by atoms with Crippen molar-refractivity contribution in [3.63, 3.8) is 0 Å². The van der Waals surface area contributed by atoms with Gasteiger partial charge in [-0.25, -0.2) is 4.39 Å². The van der Waals surface area contributed by atoms with Gasteiger partial charge in [0.25, 0.3) is 0 Å². The van der Waals surface area contributed by atoms with E-state index < -0.39 is 0 Å². The smallest absolute Gasteiger partial charge is 0.224 e. The maximum absolute atomic E-state index is 13.4. The zero-order valence-corrected chi connectivity index (χ0v) is 12.4. The molecule has 0 aliphatic carbocycles. The molecule has 1 N–H and O–H groups in total. The van der Waals surface area contributed by atoms with Gasteiger partial charge in [-0.05, 0) is 30.7 Å². The molecule has 0 saturated heterocycles. The van der Waals surface area contributed by atoms with Gasteiger partial charge in [-0.3, -0.25) is 4.79 Å². The summed E-state index contributed by atoms with van der Waals surface area (Å²) in [6.45, 7) is 2.53. The van der Waals surface area contributed by atoms with Crippen LogP contribution in [0.1, 0.15) is 29.2 Å². The van der Waals surface area contributed by atoms with Gasteiger partial charge in [0.15, 0.2) is 0 Å². The molecule has 0 spiro atoms. The highest BCUT2D eigenvalue weighted by molar-refractivity contribution is 5.79. The van der Waals surface area contributed by atoms with E-state index in [9.17, 15) is 9.18 Å². The third kappa shape index (κ3) is 3.27. The van der Waals surface area contributed by atoms with Crippen LogP contribution in [0, 0.1) is 12.7 Å². The molecule has 0 saturated carbocycles. The van der Waals surface area contributed by atoms with Gasteiger partial charge in [0.2, 0.25) is 5.91 Å². The first kappa shape index (κ1) is 14.6. The first-order chi connectivity index (χ1) is 10.6. The summed E-state index contributed by atoms with van der Waals surface area (Å²) in [5, 5.41) is 2.98. The molecule has 1 heterocycles. The molecule has 1 atom stereocenters. The fraction of sp³-hybridized carbons (Fsp3) is 0.278. The van der Waals surface area contributed by atoms with E-state index in [1.807, 2.05) is 31.2 Å². The summed E-state index contributed by atoms with van der Waals surface area (Å²) in [6, 6.07) is 12.1. The lowest BCUT2D eigenvalue weighted by molar-refractivity contribution is -0.121. The molecule has 2 aromatic rings. The molecule has 0 aromatic heterocycles. The molecule has 3 rings (SSSR count). The van der Waals surface area contributed by atoms with Crippen molar-refractivity contribution in [1.29, 1.82) is 0 Å². The number of fused-ring (bicyclic) bond motifs is 1. The monoisotopic (exact) mass is 299 g/mol. The summed E-state index contributed by atoms with van der Waals surface area (Å²) in [7, 11) is 0. The van der Waals surface area contributed by atoms with E-state index in [0.717, 1.165) is 11.1 Å². The second-order valence-corrected chi connectivity index (χ2v) is 5.60. The molecule has 1 unspecified atom stereocenters. The maximum Gasteiger partial charge on any atom is 0.224 e. The molecule has 114 valence electrons. The van der Waals surface area contributed by atoms with Crippen LogP contribution in [0.3, 0.4) is 0 Å². The van der Waals surface area contributed by atoms with Crippen molar-refractivity contribution >= 4 is 5.91 Å². The quantitative estimate of drug-likeness (QED) is 0.944. The van der Waals surface area contributed by atoms with Crippen molar-refractivity contribution in [2.45, 2.75) is 25.8 Å². The molecule has 0 bridgehead atoms. The third-order valence-electron chi connectivity index (χ3n) is 3.83. The summed E-state index contributed by atoms with van der Waals surface area (Å²) in [6.07, 6.45) is 0.971. The third-order valence-corrected chi connectivity index (χ3v) is 3.83. The maximum atomic E-state index is 13.4. The van der Waals surface area contributed by atoms with Crippen LogP contribution < -0.4 is 10.1 Å². The number of hydrogen-bond acceptors (Lipinski definition) is 2. The zero-order valence-electron chi connectivity index (χ0n) is 12.4. The molecule has 1 aliphatic heterocycles. The minimum atomic E-state index is -0.318. The van der Waals surface area contributed by atoms with Crippen LogP contribution in [-0.2, 0) is 11.2 Å². The van der Waals surface area contributed by atoms with Gasteiger partial charge in [0.1, 0.15) is 11.6 Å². The largest absolute Gasteiger partial charge is 0.493 e. The van der Waals surface area contributed by atoms with E-state index in [1.54, 1.807) is 6.07 Å². The van der Waals surface area contributed by atoms with Gasteiger partial charge >= 0.3 is 0 Å². The predicted molar refractivity (Wildman–Crippen MR) is 82.3 cm³/mol. The number of benzene rings is 2. The molecule has 0 radical (unpaired) electrons. The van der Waals surface area contributed by atoms with Gasteiger partial charge in [-0.2, -0.15) is 0 Å². The molecular weight excluding hydrogens is 281 g/mol. The van der Waals surface area contributed by atoms with E-state index >= 15 is 0 Å². The van der Waals surface area contributed by atoms with Crippen LogP contribution in [0.4, 0.5) is 4.39 Å². The summed E-state index contributed by atoms with van der Waals surface area (Å²) in [4.78, 5) is 12.2. The van der Waals surface area contributed by atoms with Crippen LogP contribution in [-0.4, -0.2) is 12.5 Å². The molecule has 1 aliphatic rings. The van der Waals surface area contributed by atoms with Crippen molar-refractivity contribution in [3.05, 3.63) is 65.0 Å². The van der Waals surface area contributed by atoms with Gasteiger partial charge < -0.3 is 10.1 Å². The molecule has 2 aromatic carbocycles. The minimum Gasteiger partial charge on any atom is -0.493 e. The van der Waals surface area contributed by atoms with Crippen molar-refractivity contribution in [3.8, 4) is 5.75 Å². The van der Waals surface area contributed by atoms with Gasteiger partial charge in [-0.15, -0.1) is 0 Å². The van der Waals surface area contributed by atoms with E-state index in [-0.39, 0.29) is 17.8 Å². The standard InChI is InChI=1S/C18H18FNO2/c1-12-2-4-13(5-3-12)10-18(21)20-16-8-9-22-17-7-6-14(19)11-15(16)17/h2-7,11,16H,8-10H2,1H3,(H,20,21). The fourth-order valence-corrected chi connectivity index (χ4v) is 2.65. The Bertz CT molecular complexity index is 682. The number of ether oxygens (including phenoxy) is 1. The van der Waals surface area contributed by atoms with E-state index in [2.05, 4.69) is 5.32 Å². The first-order valence-corrected chi connectivity index (χ1v) is 7.39. The number of rotatable bonds is 3. The number of carbonyl (C=O) groups excluding carboxylic acids is 1. The molecule has 1 amide bonds. The van der Waals surface area contributed by atoms with Crippen LogP contribution in [0.2, 0.25) is 0 Å². The van der Waals surface area contributed by atoms with Crippen LogP contribution >= 0.6 is 0 Å². The second kappa shape index (κ2) is 6.18. The van der Waals surface area contributed by atoms with E-state index in [1.165, 1.54) is 12.1 Å². The van der Waals surface area contributed by atoms with Crippen LogP contribution in [0.5, 0.6) is 5.75 Å². The van der Waals surface area contributed by atoms with E-state index in [4.69, 9.17) is 4.74 Å².